The molecule has 1 aromatic carbocycles. The third-order valence-electron chi connectivity index (χ3n) is 7.89. The van der Waals surface area contributed by atoms with Crippen LogP contribution < -0.4 is 9.64 Å². The van der Waals surface area contributed by atoms with E-state index in [9.17, 15) is 13.6 Å². The Kier molecular flexibility index (Phi) is 9.06. The summed E-state index contributed by atoms with van der Waals surface area (Å²) in [5, 5.41) is 0. The van der Waals surface area contributed by atoms with E-state index in [4.69, 9.17) is 18.9 Å². The number of fused-ring (bicyclic) bond motifs is 1. The molecule has 1 amide bonds. The summed E-state index contributed by atoms with van der Waals surface area (Å²) in [6, 6.07) is 8.54. The summed E-state index contributed by atoms with van der Waals surface area (Å²) in [6.45, 7) is 4.92. The Morgan fingerprint density at radius 3 is 2.69 bits per heavy atom. The molecule has 0 aliphatic carbocycles. The maximum absolute atomic E-state index is 14.1. The molecule has 0 saturated carbocycles. The fourth-order valence-corrected chi connectivity index (χ4v) is 5.63. The lowest BCUT2D eigenvalue weighted by Gasteiger charge is -2.27. The van der Waals surface area contributed by atoms with Crippen molar-refractivity contribution in [3.05, 3.63) is 36.2 Å². The first-order chi connectivity index (χ1) is 20.5. The van der Waals surface area contributed by atoms with Gasteiger partial charge in [-0.3, -0.25) is 9.36 Å². The zero-order valence-electron chi connectivity index (χ0n) is 23.5. The molecule has 6 rings (SSSR count). The summed E-state index contributed by atoms with van der Waals surface area (Å²) >= 11 is 0. The number of alkyl halides is 2. The van der Waals surface area contributed by atoms with Crippen molar-refractivity contribution in [1.82, 2.24) is 24.4 Å². The van der Waals surface area contributed by atoms with Crippen LogP contribution in [-0.2, 0) is 19.0 Å². The highest BCUT2D eigenvalue weighted by molar-refractivity contribution is 5.78. The average Bonchev–Trinajstić information content (AvgIpc) is 3.66. The Hall–Kier alpha value is -3.42. The van der Waals surface area contributed by atoms with E-state index in [2.05, 4.69) is 15.0 Å². The zero-order valence-corrected chi connectivity index (χ0v) is 23.5. The molecule has 3 aliphatic rings. The molecule has 3 saturated heterocycles. The van der Waals surface area contributed by atoms with Crippen molar-refractivity contribution in [3.8, 4) is 11.7 Å². The topological polar surface area (TPSA) is 104 Å². The maximum atomic E-state index is 14.1. The molecular formula is C29H36F2N6O5. The molecule has 2 aromatic heterocycles. The van der Waals surface area contributed by atoms with E-state index < -0.39 is 12.2 Å². The number of anilines is 1. The van der Waals surface area contributed by atoms with Crippen LogP contribution in [0.4, 0.5) is 14.7 Å². The van der Waals surface area contributed by atoms with E-state index in [1.165, 1.54) is 4.57 Å². The minimum atomic E-state index is -2.80. The van der Waals surface area contributed by atoms with Crippen LogP contribution in [0.25, 0.3) is 16.9 Å². The standard InChI is InChI=1S/C29H36F2N6O5/c30-27(31)28-32-22-6-1-2-7-23(22)37(28)24-15-25(34-29(33-24)35-10-13-39-14-11-35)42-17-20-8-9-36(16-20)26(38)19-40-18-21-5-3-4-12-41-21/h1-2,6-7,15,20-21,27H,3-5,8-14,16-19H2/t20-,21?/m0/s1. The second kappa shape index (κ2) is 13.3. The predicted octanol–water partition coefficient (Wildman–Crippen LogP) is 3.40. The van der Waals surface area contributed by atoms with Crippen LogP contribution in [0.15, 0.2) is 30.3 Å². The van der Waals surface area contributed by atoms with Gasteiger partial charge in [-0.1, -0.05) is 12.1 Å². The van der Waals surface area contributed by atoms with Crippen LogP contribution in [0.3, 0.4) is 0 Å². The second-order valence-electron chi connectivity index (χ2n) is 10.9. The Morgan fingerprint density at radius 1 is 1.02 bits per heavy atom. The quantitative estimate of drug-likeness (QED) is 0.354. The maximum Gasteiger partial charge on any atom is 0.296 e. The number of benzene rings is 1. The van der Waals surface area contributed by atoms with Crippen molar-refractivity contribution in [2.75, 3.05) is 70.7 Å². The predicted molar refractivity (Wildman–Crippen MR) is 149 cm³/mol. The van der Waals surface area contributed by atoms with Crippen LogP contribution in [0.1, 0.15) is 37.9 Å². The average molecular weight is 587 g/mol. The number of hydrogen-bond acceptors (Lipinski definition) is 9. The first-order valence-corrected chi connectivity index (χ1v) is 14.6. The van der Waals surface area contributed by atoms with Gasteiger partial charge in [0.25, 0.3) is 6.43 Å². The SMILES string of the molecule is O=C(COCC1CCCCO1)N1CC[C@H](COc2cc(-n3c(C(F)F)nc4ccccc43)nc(N3CCOCC3)n2)C1. The second-order valence-corrected chi connectivity index (χ2v) is 10.9. The number of imidazole rings is 1. The van der Waals surface area contributed by atoms with Gasteiger partial charge in [0.2, 0.25) is 17.7 Å². The van der Waals surface area contributed by atoms with Gasteiger partial charge in [0.15, 0.2) is 5.82 Å². The van der Waals surface area contributed by atoms with Gasteiger partial charge in [0.1, 0.15) is 12.4 Å². The first kappa shape index (κ1) is 28.7. The summed E-state index contributed by atoms with van der Waals surface area (Å²) in [4.78, 5) is 29.9. The van der Waals surface area contributed by atoms with Crippen molar-refractivity contribution in [2.24, 2.45) is 5.92 Å². The number of carbonyl (C=O) groups is 1. The van der Waals surface area contributed by atoms with E-state index in [0.717, 1.165) is 32.3 Å². The van der Waals surface area contributed by atoms with Gasteiger partial charge in [-0.05, 0) is 37.8 Å². The molecule has 3 aromatic rings. The highest BCUT2D eigenvalue weighted by atomic mass is 19.3. The number of ether oxygens (including phenoxy) is 4. The fourth-order valence-electron chi connectivity index (χ4n) is 5.63. The number of likely N-dealkylation sites (tertiary alicyclic amines) is 1. The first-order valence-electron chi connectivity index (χ1n) is 14.6. The number of carbonyl (C=O) groups excluding carboxylic acids is 1. The van der Waals surface area contributed by atoms with Crippen molar-refractivity contribution < 1.29 is 32.5 Å². The van der Waals surface area contributed by atoms with Crippen molar-refractivity contribution in [2.45, 2.75) is 38.2 Å². The molecule has 13 heteroatoms. The number of para-hydroxylation sites is 2. The van der Waals surface area contributed by atoms with Crippen LogP contribution in [-0.4, -0.2) is 102 Å². The molecule has 42 heavy (non-hydrogen) atoms. The molecule has 0 N–H and O–H groups in total. The van der Waals surface area contributed by atoms with Crippen molar-refractivity contribution in [3.63, 3.8) is 0 Å². The lowest BCUT2D eigenvalue weighted by Crippen LogP contribution is -2.37. The Labute approximate surface area is 242 Å². The number of nitrogens with zero attached hydrogens (tertiary/aromatic N) is 6. The third kappa shape index (κ3) is 6.63. The normalized spacial score (nSPS) is 21.4. The van der Waals surface area contributed by atoms with Gasteiger partial charge in [-0.25, -0.2) is 13.8 Å². The van der Waals surface area contributed by atoms with Crippen LogP contribution >= 0.6 is 0 Å². The summed E-state index contributed by atoms with van der Waals surface area (Å²) in [7, 11) is 0. The molecule has 11 nitrogen and oxygen atoms in total. The monoisotopic (exact) mass is 586 g/mol. The van der Waals surface area contributed by atoms with Crippen molar-refractivity contribution >= 4 is 22.9 Å². The van der Waals surface area contributed by atoms with Gasteiger partial charge in [-0.15, -0.1) is 0 Å². The Balaban J connectivity index is 1.14. The lowest BCUT2D eigenvalue weighted by molar-refractivity contribution is -0.137. The summed E-state index contributed by atoms with van der Waals surface area (Å²) in [5.41, 5.74) is 0.973. The lowest BCUT2D eigenvalue weighted by atomic mass is 10.1. The van der Waals surface area contributed by atoms with E-state index in [1.54, 1.807) is 35.2 Å². The van der Waals surface area contributed by atoms with Crippen molar-refractivity contribution in [1.29, 1.82) is 0 Å². The molecule has 1 unspecified atom stereocenters. The number of halogens is 2. The largest absolute Gasteiger partial charge is 0.477 e. The minimum Gasteiger partial charge on any atom is -0.477 e. The van der Waals surface area contributed by atoms with Gasteiger partial charge in [-0.2, -0.15) is 9.97 Å². The van der Waals surface area contributed by atoms with E-state index >= 15 is 0 Å². The van der Waals surface area contributed by atoms with Gasteiger partial charge < -0.3 is 28.7 Å². The smallest absolute Gasteiger partial charge is 0.296 e. The van der Waals surface area contributed by atoms with E-state index in [-0.39, 0.29) is 36.2 Å². The van der Waals surface area contributed by atoms with E-state index in [0.29, 0.717) is 69.6 Å². The fraction of sp³-hybridized carbons (Fsp3) is 0.586. The van der Waals surface area contributed by atoms with Gasteiger partial charge in [0.05, 0.1) is 43.6 Å². The third-order valence-corrected chi connectivity index (χ3v) is 7.89. The molecule has 3 fully saturated rings. The molecule has 0 bridgehead atoms. The number of morpholine rings is 1. The number of hydrogen-bond donors (Lipinski definition) is 0. The zero-order chi connectivity index (χ0) is 28.9. The highest BCUT2D eigenvalue weighted by Crippen LogP contribution is 2.30. The molecule has 0 spiro atoms. The van der Waals surface area contributed by atoms with Crippen LogP contribution in [0.2, 0.25) is 0 Å². The molecular weight excluding hydrogens is 550 g/mol. The van der Waals surface area contributed by atoms with Gasteiger partial charge >= 0.3 is 0 Å². The highest BCUT2D eigenvalue weighted by Gasteiger charge is 2.28. The summed E-state index contributed by atoms with van der Waals surface area (Å²) < 4.78 is 52.5. The minimum absolute atomic E-state index is 0.0386. The molecule has 226 valence electrons. The number of aromatic nitrogens is 4. The molecule has 0 radical (unpaired) electrons. The number of rotatable bonds is 10. The Morgan fingerprint density at radius 2 is 1.88 bits per heavy atom. The van der Waals surface area contributed by atoms with Crippen LogP contribution in [0.5, 0.6) is 5.88 Å². The Bertz CT molecular complexity index is 1360. The van der Waals surface area contributed by atoms with Crippen LogP contribution in [0, 0.1) is 5.92 Å². The van der Waals surface area contributed by atoms with E-state index in [1.807, 2.05) is 4.90 Å². The molecule has 2 atom stereocenters. The number of amides is 1. The van der Waals surface area contributed by atoms with Gasteiger partial charge in [0, 0.05) is 44.8 Å². The summed E-state index contributed by atoms with van der Waals surface area (Å²) in [6.07, 6.45) is 1.23. The summed E-state index contributed by atoms with van der Waals surface area (Å²) in [5.74, 6) is 0.584. The molecule has 5 heterocycles. The molecule has 3 aliphatic heterocycles.